The van der Waals surface area contributed by atoms with Gasteiger partial charge in [0.1, 0.15) is 5.84 Å². The zero-order chi connectivity index (χ0) is 10.9. The van der Waals surface area contributed by atoms with Gasteiger partial charge in [-0.2, -0.15) is 0 Å². The molecule has 0 bridgehead atoms. The van der Waals surface area contributed by atoms with Gasteiger partial charge < -0.3 is 5.73 Å². The third-order valence-corrected chi connectivity index (χ3v) is 4.16. The van der Waals surface area contributed by atoms with Gasteiger partial charge in [-0.05, 0) is 32.6 Å². The van der Waals surface area contributed by atoms with Gasteiger partial charge in [-0.3, -0.25) is 5.41 Å². The molecule has 0 radical (unpaired) electrons. The molecule has 5 nitrogen and oxygen atoms in total. The van der Waals surface area contributed by atoms with Crippen molar-refractivity contribution in [3.63, 3.8) is 0 Å². The van der Waals surface area contributed by atoms with Crippen LogP contribution >= 0.6 is 0 Å². The highest BCUT2D eigenvalue weighted by molar-refractivity contribution is 7.90. The molecule has 0 aromatic rings. The van der Waals surface area contributed by atoms with Crippen LogP contribution in [0.2, 0.25) is 0 Å². The van der Waals surface area contributed by atoms with E-state index in [-0.39, 0.29) is 11.8 Å². The summed E-state index contributed by atoms with van der Waals surface area (Å²) in [4.78, 5) is 0. The fraction of sp³-hybridized carbons (Fsp3) is 0.875. The Balaban J connectivity index is 2.69. The molecular formula is C8H17N3O2S. The Morgan fingerprint density at radius 2 is 2.00 bits per heavy atom. The van der Waals surface area contributed by atoms with Gasteiger partial charge in [0.2, 0.25) is 10.0 Å². The summed E-state index contributed by atoms with van der Waals surface area (Å²) >= 11 is 0. The van der Waals surface area contributed by atoms with Crippen LogP contribution in [-0.4, -0.2) is 25.5 Å². The lowest BCUT2D eigenvalue weighted by Crippen LogP contribution is -2.47. The molecule has 1 aliphatic rings. The number of sulfonamides is 1. The summed E-state index contributed by atoms with van der Waals surface area (Å²) in [5, 5.41) is 6.81. The largest absolute Gasteiger partial charge is 0.386 e. The Labute approximate surface area is 84.6 Å². The molecule has 0 aromatic carbocycles. The average Bonchev–Trinajstić information content (AvgIpc) is 2.81. The molecule has 0 aromatic heterocycles. The number of nitrogens with two attached hydrogens (primary N) is 1. The number of amidine groups is 1. The molecule has 0 spiro atoms. The lowest BCUT2D eigenvalue weighted by molar-refractivity contribution is 0.554. The zero-order valence-corrected chi connectivity index (χ0v) is 9.26. The summed E-state index contributed by atoms with van der Waals surface area (Å²) < 4.78 is 25.5. The van der Waals surface area contributed by atoms with Crippen LogP contribution in [0.4, 0.5) is 0 Å². The molecule has 0 saturated heterocycles. The third-order valence-electron chi connectivity index (χ3n) is 2.34. The second kappa shape index (κ2) is 3.86. The van der Waals surface area contributed by atoms with Crippen molar-refractivity contribution in [1.82, 2.24) is 4.72 Å². The number of nitrogens with one attached hydrogen (secondary N) is 2. The first-order chi connectivity index (χ1) is 6.34. The van der Waals surface area contributed by atoms with E-state index >= 15 is 0 Å². The van der Waals surface area contributed by atoms with Gasteiger partial charge in [-0.1, -0.05) is 0 Å². The van der Waals surface area contributed by atoms with Crippen molar-refractivity contribution < 1.29 is 8.42 Å². The first-order valence-electron chi connectivity index (χ1n) is 4.69. The van der Waals surface area contributed by atoms with E-state index in [9.17, 15) is 8.42 Å². The van der Waals surface area contributed by atoms with Crippen LogP contribution in [0.5, 0.6) is 0 Å². The van der Waals surface area contributed by atoms with E-state index < -0.39 is 21.3 Å². The van der Waals surface area contributed by atoms with Crippen molar-refractivity contribution in [2.24, 2.45) is 11.7 Å². The molecule has 1 atom stereocenters. The smallest absolute Gasteiger partial charge is 0.214 e. The molecule has 6 heteroatoms. The molecule has 1 fully saturated rings. The molecule has 1 rings (SSSR count). The molecular weight excluding hydrogens is 202 g/mol. The maximum atomic E-state index is 11.5. The predicted molar refractivity (Wildman–Crippen MR) is 55.6 cm³/mol. The fourth-order valence-corrected chi connectivity index (χ4v) is 2.10. The highest BCUT2D eigenvalue weighted by Gasteiger charge is 2.36. The van der Waals surface area contributed by atoms with Gasteiger partial charge >= 0.3 is 0 Å². The van der Waals surface area contributed by atoms with Crippen LogP contribution in [0.1, 0.15) is 26.7 Å². The maximum absolute atomic E-state index is 11.5. The van der Waals surface area contributed by atoms with E-state index in [2.05, 4.69) is 4.72 Å². The van der Waals surface area contributed by atoms with Crippen molar-refractivity contribution in [1.29, 1.82) is 5.41 Å². The lowest BCUT2D eigenvalue weighted by Gasteiger charge is -2.18. The standard InChI is InChI=1S/C8H17N3O2S/c1-5(2)14(12,13)11-7(8(9)10)6-3-4-6/h5-7,11H,3-4H2,1-2H3,(H3,9,10). The van der Waals surface area contributed by atoms with Crippen LogP contribution in [0.25, 0.3) is 0 Å². The van der Waals surface area contributed by atoms with E-state index in [0.29, 0.717) is 0 Å². The Morgan fingerprint density at radius 1 is 1.50 bits per heavy atom. The van der Waals surface area contributed by atoms with E-state index in [1.807, 2.05) is 0 Å². The Hall–Kier alpha value is -0.620. The molecule has 0 aliphatic heterocycles. The Kier molecular flexibility index (Phi) is 3.16. The minimum absolute atomic E-state index is 0.0864. The zero-order valence-electron chi connectivity index (χ0n) is 8.45. The van der Waals surface area contributed by atoms with Gasteiger partial charge in [0.05, 0.1) is 11.3 Å². The van der Waals surface area contributed by atoms with Crippen molar-refractivity contribution >= 4 is 15.9 Å². The SMILES string of the molecule is CC(C)S(=O)(=O)NC(C(=N)N)C1CC1. The van der Waals surface area contributed by atoms with E-state index in [4.69, 9.17) is 11.1 Å². The van der Waals surface area contributed by atoms with Gasteiger partial charge in [0.15, 0.2) is 0 Å². The second-order valence-corrected chi connectivity index (χ2v) is 6.25. The third kappa shape index (κ3) is 2.68. The van der Waals surface area contributed by atoms with Gasteiger partial charge in [0.25, 0.3) is 0 Å². The lowest BCUT2D eigenvalue weighted by atomic mass is 10.2. The molecule has 0 heterocycles. The van der Waals surface area contributed by atoms with Crippen LogP contribution in [0.15, 0.2) is 0 Å². The molecule has 0 amide bonds. The summed E-state index contributed by atoms with van der Waals surface area (Å²) in [6, 6.07) is -0.498. The van der Waals surface area contributed by atoms with E-state index in [1.165, 1.54) is 0 Å². The fourth-order valence-electron chi connectivity index (χ4n) is 1.16. The molecule has 1 unspecified atom stereocenters. The quantitative estimate of drug-likeness (QED) is 0.449. The molecule has 1 aliphatic carbocycles. The molecule has 1 saturated carbocycles. The van der Waals surface area contributed by atoms with Crippen LogP contribution in [-0.2, 0) is 10.0 Å². The van der Waals surface area contributed by atoms with Crippen molar-refractivity contribution in [3.05, 3.63) is 0 Å². The number of rotatable bonds is 5. The number of hydrogen-bond donors (Lipinski definition) is 3. The van der Waals surface area contributed by atoms with Crippen molar-refractivity contribution in [3.8, 4) is 0 Å². The molecule has 82 valence electrons. The monoisotopic (exact) mass is 219 g/mol. The maximum Gasteiger partial charge on any atom is 0.214 e. The van der Waals surface area contributed by atoms with Crippen molar-refractivity contribution in [2.45, 2.75) is 38.0 Å². The summed E-state index contributed by atoms with van der Waals surface area (Å²) in [5.41, 5.74) is 5.34. The first kappa shape index (κ1) is 11.5. The summed E-state index contributed by atoms with van der Waals surface area (Å²) in [6.07, 6.45) is 1.90. The topological polar surface area (TPSA) is 96.0 Å². The van der Waals surface area contributed by atoms with Crippen LogP contribution < -0.4 is 10.5 Å². The highest BCUT2D eigenvalue weighted by atomic mass is 32.2. The predicted octanol–water partition coefficient (Wildman–Crippen LogP) is 0.0288. The minimum atomic E-state index is -3.32. The number of hydrogen-bond acceptors (Lipinski definition) is 3. The second-order valence-electron chi connectivity index (χ2n) is 3.98. The minimum Gasteiger partial charge on any atom is -0.386 e. The van der Waals surface area contributed by atoms with Gasteiger partial charge in [-0.25, -0.2) is 13.1 Å². The normalized spacial score (nSPS) is 19.6. The van der Waals surface area contributed by atoms with E-state index in [0.717, 1.165) is 12.8 Å². The molecule has 14 heavy (non-hydrogen) atoms. The summed E-state index contributed by atoms with van der Waals surface area (Å²) in [5.74, 6) is 0.137. The average molecular weight is 219 g/mol. The van der Waals surface area contributed by atoms with Gasteiger partial charge in [-0.15, -0.1) is 0 Å². The Morgan fingerprint density at radius 3 is 2.29 bits per heavy atom. The van der Waals surface area contributed by atoms with E-state index in [1.54, 1.807) is 13.8 Å². The summed E-state index contributed by atoms with van der Waals surface area (Å²) in [6.45, 7) is 3.21. The van der Waals surface area contributed by atoms with Crippen LogP contribution in [0.3, 0.4) is 0 Å². The van der Waals surface area contributed by atoms with Gasteiger partial charge in [0, 0.05) is 0 Å². The highest BCUT2D eigenvalue weighted by Crippen LogP contribution is 2.33. The molecule has 4 N–H and O–H groups in total. The summed E-state index contributed by atoms with van der Waals surface area (Å²) in [7, 11) is -3.32. The van der Waals surface area contributed by atoms with Crippen molar-refractivity contribution in [2.75, 3.05) is 0 Å². The Bertz CT molecular complexity index is 319. The van der Waals surface area contributed by atoms with Crippen LogP contribution in [0, 0.1) is 11.3 Å². The first-order valence-corrected chi connectivity index (χ1v) is 6.24.